The topological polar surface area (TPSA) is 0 Å². The third kappa shape index (κ3) is 3.01. The normalized spacial score (nSPS) is 10.7. The van der Waals surface area contributed by atoms with Crippen LogP contribution in [0.4, 0.5) is 0 Å². The van der Waals surface area contributed by atoms with Gasteiger partial charge in [-0.25, -0.2) is 0 Å². The van der Waals surface area contributed by atoms with Gasteiger partial charge in [-0.15, -0.1) is 11.3 Å². The molecular formula is C22H15ClS. The van der Waals surface area contributed by atoms with E-state index in [1.54, 1.807) is 11.3 Å². The van der Waals surface area contributed by atoms with Crippen molar-refractivity contribution in [2.75, 3.05) is 0 Å². The molecule has 0 nitrogen and oxygen atoms in total. The Balaban J connectivity index is 1.64. The lowest BCUT2D eigenvalue weighted by atomic mass is 10.0. The van der Waals surface area contributed by atoms with Crippen LogP contribution in [-0.4, -0.2) is 0 Å². The largest absolute Gasteiger partial charge is 0.143 e. The summed E-state index contributed by atoms with van der Waals surface area (Å²) in [6.45, 7) is 0. The van der Waals surface area contributed by atoms with Gasteiger partial charge in [0.05, 0.1) is 0 Å². The molecule has 0 radical (unpaired) electrons. The number of thiophene rings is 1. The molecular weight excluding hydrogens is 332 g/mol. The number of hydrogen-bond donors (Lipinski definition) is 0. The molecule has 0 aliphatic rings. The van der Waals surface area contributed by atoms with Crippen molar-refractivity contribution in [3.05, 3.63) is 95.3 Å². The maximum atomic E-state index is 6.29. The van der Waals surface area contributed by atoms with E-state index < -0.39 is 0 Å². The molecule has 2 heteroatoms. The Bertz CT molecular complexity index is 953. The van der Waals surface area contributed by atoms with Crippen molar-refractivity contribution in [2.45, 2.75) is 0 Å². The summed E-state index contributed by atoms with van der Waals surface area (Å²) < 4.78 is 0. The summed E-state index contributed by atoms with van der Waals surface area (Å²) in [6, 6.07) is 29.3. The molecule has 0 amide bonds. The maximum absolute atomic E-state index is 6.29. The average molecular weight is 347 g/mol. The van der Waals surface area contributed by atoms with E-state index in [1.807, 2.05) is 24.3 Å². The Labute approximate surface area is 151 Å². The molecule has 0 aliphatic carbocycles. The van der Waals surface area contributed by atoms with Gasteiger partial charge in [0.1, 0.15) is 0 Å². The van der Waals surface area contributed by atoms with Gasteiger partial charge >= 0.3 is 0 Å². The monoisotopic (exact) mass is 346 g/mol. The number of rotatable bonds is 3. The van der Waals surface area contributed by atoms with Crippen LogP contribution in [0.2, 0.25) is 5.02 Å². The summed E-state index contributed by atoms with van der Waals surface area (Å²) in [5.41, 5.74) is 5.96. The smallest absolute Gasteiger partial charge is 0.0484 e. The highest BCUT2D eigenvalue weighted by molar-refractivity contribution is 7.14. The minimum atomic E-state index is 0.784. The summed E-state index contributed by atoms with van der Waals surface area (Å²) in [5.74, 6) is 0. The molecule has 116 valence electrons. The van der Waals surface area contributed by atoms with E-state index in [1.165, 1.54) is 21.6 Å². The lowest BCUT2D eigenvalue weighted by Gasteiger charge is -2.05. The second-order valence-corrected chi connectivity index (χ2v) is 6.94. The maximum Gasteiger partial charge on any atom is 0.0484 e. The van der Waals surface area contributed by atoms with Gasteiger partial charge in [0, 0.05) is 15.5 Å². The van der Waals surface area contributed by atoms with Crippen molar-refractivity contribution in [3.8, 4) is 32.7 Å². The van der Waals surface area contributed by atoms with E-state index in [-0.39, 0.29) is 0 Å². The minimum Gasteiger partial charge on any atom is -0.143 e. The molecule has 0 fully saturated rings. The fourth-order valence-corrected chi connectivity index (χ4v) is 3.95. The second kappa shape index (κ2) is 6.64. The summed E-state index contributed by atoms with van der Waals surface area (Å²) in [6.07, 6.45) is 0. The molecule has 0 bridgehead atoms. The van der Waals surface area contributed by atoms with Crippen molar-refractivity contribution in [3.63, 3.8) is 0 Å². The van der Waals surface area contributed by atoms with Crippen LogP contribution in [-0.2, 0) is 0 Å². The van der Waals surface area contributed by atoms with Gasteiger partial charge in [-0.05, 0) is 39.8 Å². The van der Waals surface area contributed by atoms with Crippen molar-refractivity contribution < 1.29 is 0 Å². The Hall–Kier alpha value is -2.35. The first-order valence-corrected chi connectivity index (χ1v) is 9.06. The zero-order chi connectivity index (χ0) is 16.4. The molecule has 3 aromatic carbocycles. The Morgan fingerprint density at radius 3 is 2.00 bits per heavy atom. The molecule has 0 saturated heterocycles. The highest BCUT2D eigenvalue weighted by Gasteiger charge is 2.06. The minimum absolute atomic E-state index is 0.784. The average Bonchev–Trinajstić information content (AvgIpc) is 3.13. The first-order valence-electron chi connectivity index (χ1n) is 7.80. The highest BCUT2D eigenvalue weighted by atomic mass is 35.5. The Kier molecular flexibility index (Phi) is 4.20. The molecule has 0 N–H and O–H groups in total. The summed E-state index contributed by atoms with van der Waals surface area (Å²) in [4.78, 5) is 1.29. The Morgan fingerprint density at radius 1 is 0.583 bits per heavy atom. The van der Waals surface area contributed by atoms with Crippen LogP contribution in [0.1, 0.15) is 0 Å². The van der Waals surface area contributed by atoms with Crippen LogP contribution in [0, 0.1) is 0 Å². The van der Waals surface area contributed by atoms with Gasteiger partial charge in [0.15, 0.2) is 0 Å². The number of hydrogen-bond acceptors (Lipinski definition) is 1. The predicted octanol–water partition coefficient (Wildman–Crippen LogP) is 7.40. The van der Waals surface area contributed by atoms with Gasteiger partial charge in [0.25, 0.3) is 0 Å². The van der Waals surface area contributed by atoms with Crippen LogP contribution >= 0.6 is 22.9 Å². The Morgan fingerprint density at radius 2 is 1.25 bits per heavy atom. The van der Waals surface area contributed by atoms with E-state index >= 15 is 0 Å². The summed E-state index contributed by atoms with van der Waals surface area (Å²) in [5, 5.41) is 3.00. The molecule has 1 aromatic heterocycles. The van der Waals surface area contributed by atoms with Crippen LogP contribution < -0.4 is 0 Å². The van der Waals surface area contributed by atoms with Gasteiger partial charge < -0.3 is 0 Å². The highest BCUT2D eigenvalue weighted by Crippen LogP contribution is 2.34. The molecule has 0 aliphatic heterocycles. The molecule has 0 saturated carbocycles. The molecule has 0 atom stereocenters. The molecule has 24 heavy (non-hydrogen) atoms. The van der Waals surface area contributed by atoms with Crippen LogP contribution in [0.3, 0.4) is 0 Å². The van der Waals surface area contributed by atoms with Crippen LogP contribution in [0.5, 0.6) is 0 Å². The van der Waals surface area contributed by atoms with Crippen LogP contribution in [0.15, 0.2) is 90.3 Å². The van der Waals surface area contributed by atoms with E-state index in [2.05, 4.69) is 66.0 Å². The van der Waals surface area contributed by atoms with Crippen molar-refractivity contribution in [1.29, 1.82) is 0 Å². The van der Waals surface area contributed by atoms with Crippen molar-refractivity contribution >= 4 is 22.9 Å². The predicted molar refractivity (Wildman–Crippen MR) is 106 cm³/mol. The first-order chi connectivity index (χ1) is 11.8. The summed E-state index contributed by atoms with van der Waals surface area (Å²) >= 11 is 8.07. The zero-order valence-corrected chi connectivity index (χ0v) is 14.5. The SMILES string of the molecule is Clc1ccccc1-c1ccc(-c2csc(-c3ccccc3)c2)cc1. The fourth-order valence-electron chi connectivity index (χ4n) is 2.78. The van der Waals surface area contributed by atoms with E-state index in [0.717, 1.165) is 16.1 Å². The lowest BCUT2D eigenvalue weighted by Crippen LogP contribution is -1.80. The number of benzene rings is 3. The zero-order valence-electron chi connectivity index (χ0n) is 12.9. The summed E-state index contributed by atoms with van der Waals surface area (Å²) in [7, 11) is 0. The lowest BCUT2D eigenvalue weighted by molar-refractivity contribution is 1.61. The molecule has 0 unspecified atom stereocenters. The van der Waals surface area contributed by atoms with Crippen molar-refractivity contribution in [1.82, 2.24) is 0 Å². The third-order valence-corrected chi connectivity index (χ3v) is 5.37. The fraction of sp³-hybridized carbons (Fsp3) is 0. The van der Waals surface area contributed by atoms with Gasteiger partial charge in [0.2, 0.25) is 0 Å². The standard InChI is InChI=1S/C22H15ClS/c23-21-9-5-4-8-20(21)17-12-10-16(11-13-17)19-14-22(24-15-19)18-6-2-1-3-7-18/h1-15H. The second-order valence-electron chi connectivity index (χ2n) is 5.62. The van der Waals surface area contributed by atoms with E-state index in [0.29, 0.717) is 0 Å². The molecule has 4 rings (SSSR count). The van der Waals surface area contributed by atoms with Gasteiger partial charge in [-0.3, -0.25) is 0 Å². The van der Waals surface area contributed by atoms with Crippen molar-refractivity contribution in [2.24, 2.45) is 0 Å². The third-order valence-electron chi connectivity index (χ3n) is 4.06. The molecule has 1 heterocycles. The van der Waals surface area contributed by atoms with E-state index in [4.69, 9.17) is 11.6 Å². The first kappa shape index (κ1) is 15.2. The quantitative estimate of drug-likeness (QED) is 0.362. The molecule has 0 spiro atoms. The van der Waals surface area contributed by atoms with E-state index in [9.17, 15) is 0 Å². The van der Waals surface area contributed by atoms with Crippen LogP contribution in [0.25, 0.3) is 32.7 Å². The van der Waals surface area contributed by atoms with Gasteiger partial charge in [-0.1, -0.05) is 84.4 Å². The molecule has 4 aromatic rings. The number of halogens is 1. The van der Waals surface area contributed by atoms with Gasteiger partial charge in [-0.2, -0.15) is 0 Å².